The highest BCUT2D eigenvalue weighted by Crippen LogP contribution is 2.10. The molecule has 0 saturated heterocycles. The van der Waals surface area contributed by atoms with Gasteiger partial charge in [-0.3, -0.25) is 5.01 Å². The van der Waals surface area contributed by atoms with Crippen molar-refractivity contribution in [3.8, 4) is 0 Å². The number of aromatic nitrogens is 2. The molecule has 2 rings (SSSR count). The lowest BCUT2D eigenvalue weighted by Gasteiger charge is -2.13. The summed E-state index contributed by atoms with van der Waals surface area (Å²) < 4.78 is 1.91. The fraction of sp³-hybridized carbons (Fsp3) is 0.111. The van der Waals surface area contributed by atoms with Crippen LogP contribution in [-0.2, 0) is 0 Å². The van der Waals surface area contributed by atoms with Gasteiger partial charge < -0.3 is 0 Å². The Labute approximate surface area is 81.6 Å². The third-order valence-electron chi connectivity index (χ3n) is 1.93. The summed E-state index contributed by atoms with van der Waals surface area (Å²) in [5.41, 5.74) is 3.62. The third kappa shape index (κ3) is 1.29. The summed E-state index contributed by atoms with van der Waals surface area (Å²) in [4.78, 5) is 4.24. The van der Waals surface area contributed by atoms with Crippen LogP contribution in [0.5, 0.6) is 0 Å². The van der Waals surface area contributed by atoms with Gasteiger partial charge in [0.1, 0.15) is 6.33 Å². The number of hydrogen-bond acceptors (Lipinski definition) is 2. The first-order valence-electron chi connectivity index (χ1n) is 3.93. The fourth-order valence-corrected chi connectivity index (χ4v) is 1.35. The van der Waals surface area contributed by atoms with Crippen LogP contribution in [0, 0.1) is 0 Å². The van der Waals surface area contributed by atoms with E-state index in [1.54, 1.807) is 11.8 Å². The molecule has 0 aliphatic rings. The lowest BCUT2D eigenvalue weighted by Crippen LogP contribution is -2.26. The van der Waals surface area contributed by atoms with Crippen LogP contribution >= 0.6 is 12.2 Å². The number of fused-ring (bicyclic) bond motifs is 1. The van der Waals surface area contributed by atoms with Crippen molar-refractivity contribution < 1.29 is 0 Å². The van der Waals surface area contributed by atoms with Crippen LogP contribution in [0.1, 0.15) is 0 Å². The Hall–Kier alpha value is -1.42. The molecule has 0 spiro atoms. The summed E-state index contributed by atoms with van der Waals surface area (Å²) in [5, 5.41) is 1.81. The zero-order valence-electron chi connectivity index (χ0n) is 7.21. The molecule has 13 heavy (non-hydrogen) atoms. The maximum atomic E-state index is 4.84. The van der Waals surface area contributed by atoms with Gasteiger partial charge in [-0.05, 0) is 12.1 Å². The number of imidazole rings is 1. The van der Waals surface area contributed by atoms with Crippen LogP contribution in [0.3, 0.4) is 0 Å². The molecule has 0 saturated carbocycles. The number of para-hydroxylation sites is 2. The Bertz CT molecular complexity index is 435. The van der Waals surface area contributed by atoms with Crippen molar-refractivity contribution in [2.24, 2.45) is 0 Å². The molecule has 3 nitrogen and oxygen atoms in total. The monoisotopic (exact) mass is 191 g/mol. The molecule has 0 unspecified atom stereocenters. The molecule has 2 aromatic rings. The highest BCUT2D eigenvalue weighted by Gasteiger charge is 2.02. The van der Waals surface area contributed by atoms with Gasteiger partial charge in [0.2, 0.25) is 0 Å². The van der Waals surface area contributed by atoms with Crippen LogP contribution in [0.4, 0.5) is 0 Å². The molecule has 0 fully saturated rings. The zero-order chi connectivity index (χ0) is 9.26. The van der Waals surface area contributed by atoms with E-state index in [1.165, 1.54) is 0 Å². The van der Waals surface area contributed by atoms with Crippen LogP contribution < -0.4 is 5.01 Å². The molecule has 0 aliphatic carbocycles. The molecular formula is C9H9N3S. The SMILES string of the molecule is CN(C=S)n1cnc2ccccc21. The van der Waals surface area contributed by atoms with Crippen molar-refractivity contribution >= 4 is 28.7 Å². The van der Waals surface area contributed by atoms with E-state index in [4.69, 9.17) is 12.2 Å². The van der Waals surface area contributed by atoms with Crippen LogP contribution in [-0.4, -0.2) is 22.2 Å². The molecule has 0 atom stereocenters. The number of benzene rings is 1. The Kier molecular flexibility index (Phi) is 1.98. The standard InChI is InChI=1S/C9H9N3S/c1-11(7-13)12-6-10-8-4-2-3-5-9(8)12/h2-7H,1H3. The van der Waals surface area contributed by atoms with E-state index in [2.05, 4.69) is 4.98 Å². The summed E-state index contributed by atoms with van der Waals surface area (Å²) in [6.07, 6.45) is 1.76. The predicted octanol–water partition coefficient (Wildman–Crippen LogP) is 1.56. The predicted molar refractivity (Wildman–Crippen MR) is 57.5 cm³/mol. The minimum atomic E-state index is 0.978. The highest BCUT2D eigenvalue weighted by atomic mass is 32.1. The Morgan fingerprint density at radius 2 is 2.23 bits per heavy atom. The van der Waals surface area contributed by atoms with Crippen molar-refractivity contribution in [3.05, 3.63) is 30.6 Å². The molecule has 66 valence electrons. The summed E-state index contributed by atoms with van der Waals surface area (Å²) in [5.74, 6) is 0. The third-order valence-corrected chi connectivity index (χ3v) is 2.23. The molecule has 4 heteroatoms. The van der Waals surface area contributed by atoms with E-state index >= 15 is 0 Å². The lowest BCUT2D eigenvalue weighted by atomic mass is 10.3. The van der Waals surface area contributed by atoms with Crippen molar-refractivity contribution in [2.45, 2.75) is 0 Å². The molecule has 0 N–H and O–H groups in total. The van der Waals surface area contributed by atoms with Gasteiger partial charge in [-0.15, -0.1) is 0 Å². The molecule has 0 radical (unpaired) electrons. The Morgan fingerprint density at radius 1 is 1.46 bits per heavy atom. The molecule has 1 aromatic carbocycles. The average Bonchev–Trinajstić information content (AvgIpc) is 2.60. The summed E-state index contributed by atoms with van der Waals surface area (Å²) in [6.45, 7) is 0. The first kappa shape index (κ1) is 8.19. The average molecular weight is 191 g/mol. The van der Waals surface area contributed by atoms with Crippen molar-refractivity contribution in [1.82, 2.24) is 9.66 Å². The smallest absolute Gasteiger partial charge is 0.116 e. The summed E-state index contributed by atoms with van der Waals surface area (Å²) in [6, 6.07) is 7.94. The van der Waals surface area contributed by atoms with Crippen molar-refractivity contribution in [1.29, 1.82) is 0 Å². The Morgan fingerprint density at radius 3 is 3.00 bits per heavy atom. The van der Waals surface area contributed by atoms with Gasteiger partial charge in [0.25, 0.3) is 0 Å². The van der Waals surface area contributed by atoms with E-state index in [-0.39, 0.29) is 0 Å². The van der Waals surface area contributed by atoms with Crippen molar-refractivity contribution in [3.63, 3.8) is 0 Å². The molecule has 1 aromatic heterocycles. The number of thiocarbonyl (C=S) groups is 1. The topological polar surface area (TPSA) is 21.1 Å². The van der Waals surface area contributed by atoms with Gasteiger partial charge in [0, 0.05) is 7.05 Å². The molecule has 0 amide bonds. The maximum Gasteiger partial charge on any atom is 0.116 e. The van der Waals surface area contributed by atoms with E-state index in [0.717, 1.165) is 11.0 Å². The zero-order valence-corrected chi connectivity index (χ0v) is 8.03. The number of hydrogen-bond donors (Lipinski definition) is 0. The summed E-state index contributed by atoms with van der Waals surface area (Å²) >= 11 is 4.84. The van der Waals surface area contributed by atoms with Gasteiger partial charge in [-0.1, -0.05) is 24.4 Å². The molecule has 1 heterocycles. The minimum Gasteiger partial charge on any atom is -0.279 e. The van der Waals surface area contributed by atoms with E-state index < -0.39 is 0 Å². The normalized spacial score (nSPS) is 10.2. The van der Waals surface area contributed by atoms with E-state index in [9.17, 15) is 0 Å². The van der Waals surface area contributed by atoms with Gasteiger partial charge >= 0.3 is 0 Å². The van der Waals surface area contributed by atoms with E-state index in [1.807, 2.05) is 41.0 Å². The first-order chi connectivity index (χ1) is 6.33. The Balaban J connectivity index is 2.64. The highest BCUT2D eigenvalue weighted by molar-refractivity contribution is 7.79. The lowest BCUT2D eigenvalue weighted by molar-refractivity contribution is 0.840. The van der Waals surface area contributed by atoms with E-state index in [0.29, 0.717) is 0 Å². The largest absolute Gasteiger partial charge is 0.279 e. The first-order valence-corrected chi connectivity index (χ1v) is 4.40. The number of rotatable bonds is 2. The van der Waals surface area contributed by atoms with Gasteiger partial charge in [-0.25, -0.2) is 9.66 Å². The van der Waals surface area contributed by atoms with Gasteiger partial charge in [0.15, 0.2) is 0 Å². The van der Waals surface area contributed by atoms with Crippen LogP contribution in [0.25, 0.3) is 11.0 Å². The summed E-state index contributed by atoms with van der Waals surface area (Å²) in [7, 11) is 1.89. The second-order valence-corrected chi connectivity index (χ2v) is 2.97. The fourth-order valence-electron chi connectivity index (χ4n) is 1.25. The molecule has 0 aliphatic heterocycles. The quantitative estimate of drug-likeness (QED) is 0.672. The van der Waals surface area contributed by atoms with Crippen LogP contribution in [0.2, 0.25) is 0 Å². The van der Waals surface area contributed by atoms with Crippen LogP contribution in [0.15, 0.2) is 30.6 Å². The maximum absolute atomic E-state index is 4.84. The van der Waals surface area contributed by atoms with Gasteiger partial charge in [-0.2, -0.15) is 0 Å². The molecular weight excluding hydrogens is 182 g/mol. The second-order valence-electron chi connectivity index (χ2n) is 2.76. The molecule has 0 bridgehead atoms. The second kappa shape index (κ2) is 3.14. The van der Waals surface area contributed by atoms with Crippen molar-refractivity contribution in [2.75, 3.05) is 12.1 Å². The minimum absolute atomic E-state index is 0.978. The number of nitrogens with zero attached hydrogens (tertiary/aromatic N) is 3. The van der Waals surface area contributed by atoms with Gasteiger partial charge in [0.05, 0.1) is 16.5 Å².